The minimum absolute atomic E-state index is 0.270. The first-order chi connectivity index (χ1) is 24.0. The molecule has 3 heterocycles. The molecule has 5 heteroatoms. The van der Waals surface area contributed by atoms with Crippen molar-refractivity contribution in [2.75, 3.05) is 4.90 Å². The normalized spacial score (nSPS) is 13.7. The fraction of sp³-hybridized carbons (Fsp3) is 0.0682. The Morgan fingerprint density at radius 3 is 1.69 bits per heavy atom. The summed E-state index contributed by atoms with van der Waals surface area (Å²) in [6.07, 6.45) is 1.81. The van der Waals surface area contributed by atoms with Gasteiger partial charge in [-0.3, -0.25) is 4.90 Å². The summed E-state index contributed by atoms with van der Waals surface area (Å²) >= 11 is 0. The summed E-state index contributed by atoms with van der Waals surface area (Å²) in [6.45, 7) is 4.62. The van der Waals surface area contributed by atoms with Crippen LogP contribution in [0.2, 0.25) is 0 Å². The van der Waals surface area contributed by atoms with Crippen molar-refractivity contribution in [3.8, 4) is 5.69 Å². The summed E-state index contributed by atoms with van der Waals surface area (Å²) in [5.41, 5.74) is 7.86. The summed E-state index contributed by atoms with van der Waals surface area (Å²) in [7, 11) is -3.15. The van der Waals surface area contributed by atoms with Crippen molar-refractivity contribution in [1.29, 1.82) is 0 Å². The Morgan fingerprint density at radius 1 is 0.531 bits per heavy atom. The monoisotopic (exact) mass is 651 g/mol. The Morgan fingerprint density at radius 2 is 1.08 bits per heavy atom. The molecule has 0 atom stereocenters. The summed E-state index contributed by atoms with van der Waals surface area (Å²) < 4.78 is 17.4. The van der Waals surface area contributed by atoms with Crippen LogP contribution in [0.5, 0.6) is 0 Å². The van der Waals surface area contributed by atoms with Crippen LogP contribution in [0, 0.1) is 0 Å². The lowest BCUT2D eigenvalue weighted by Gasteiger charge is -2.41. The zero-order valence-corrected chi connectivity index (χ0v) is 28.3. The fourth-order valence-electron chi connectivity index (χ4n) is 7.70. The van der Waals surface area contributed by atoms with Crippen LogP contribution in [-0.4, -0.2) is 9.55 Å². The molecule has 0 radical (unpaired) electrons. The summed E-state index contributed by atoms with van der Waals surface area (Å²) in [5.74, 6) is 0.783. The smallest absolute Gasteiger partial charge is 0.172 e. The second-order valence-electron chi connectivity index (χ2n) is 13.2. The maximum absolute atomic E-state index is 15.1. The number of nitrogens with zero attached hydrogens (tertiary/aromatic N) is 3. The van der Waals surface area contributed by atoms with Gasteiger partial charge < -0.3 is 9.13 Å². The van der Waals surface area contributed by atoms with Gasteiger partial charge in [0.15, 0.2) is 7.14 Å². The SMILES string of the molecule is CC1(C)c2ccccc2N(c2ccc(P(=O)(c3ccccc3)c3ccccc3)cn2)c2ccc(-n3c4ccccc4c4ccccc43)cc21. The van der Waals surface area contributed by atoms with Crippen molar-refractivity contribution in [2.24, 2.45) is 0 Å². The van der Waals surface area contributed by atoms with E-state index in [1.807, 2.05) is 79.0 Å². The third kappa shape index (κ3) is 4.45. The Labute approximate surface area is 286 Å². The minimum Gasteiger partial charge on any atom is -0.309 e. The molecule has 9 rings (SSSR count). The predicted molar refractivity (Wildman–Crippen MR) is 205 cm³/mol. The molecule has 49 heavy (non-hydrogen) atoms. The molecule has 1 aliphatic heterocycles. The molecular formula is C44H34N3OP. The number of rotatable bonds is 5. The van der Waals surface area contributed by atoms with Crippen LogP contribution in [0.3, 0.4) is 0 Å². The molecule has 0 bridgehead atoms. The van der Waals surface area contributed by atoms with E-state index in [0.717, 1.165) is 33.5 Å². The average Bonchev–Trinajstić information content (AvgIpc) is 3.50. The largest absolute Gasteiger partial charge is 0.309 e. The predicted octanol–water partition coefficient (Wildman–Crippen LogP) is 9.93. The lowest BCUT2D eigenvalue weighted by molar-refractivity contribution is 0.592. The van der Waals surface area contributed by atoms with Gasteiger partial charge in [0.05, 0.1) is 22.4 Å². The summed E-state index contributed by atoms with van der Waals surface area (Å²) in [5, 5.41) is 4.79. The molecule has 0 saturated heterocycles. The van der Waals surface area contributed by atoms with E-state index in [1.165, 1.54) is 32.9 Å². The molecule has 0 spiro atoms. The van der Waals surface area contributed by atoms with Crippen molar-refractivity contribution in [3.05, 3.63) is 181 Å². The first-order valence-corrected chi connectivity index (χ1v) is 18.4. The second kappa shape index (κ2) is 11.2. The van der Waals surface area contributed by atoms with E-state index in [1.54, 1.807) is 0 Å². The molecule has 6 aromatic carbocycles. The first-order valence-electron chi connectivity index (χ1n) is 16.7. The average molecular weight is 652 g/mol. The number of benzene rings is 6. The molecule has 8 aromatic rings. The van der Waals surface area contributed by atoms with E-state index in [4.69, 9.17) is 4.98 Å². The molecule has 0 amide bonds. The zero-order chi connectivity index (χ0) is 33.2. The van der Waals surface area contributed by atoms with Gasteiger partial charge in [-0.2, -0.15) is 0 Å². The van der Waals surface area contributed by atoms with Crippen LogP contribution >= 0.6 is 7.14 Å². The van der Waals surface area contributed by atoms with E-state index in [0.29, 0.717) is 5.30 Å². The highest BCUT2D eigenvalue weighted by molar-refractivity contribution is 7.85. The third-order valence-electron chi connectivity index (χ3n) is 10.1. The van der Waals surface area contributed by atoms with Gasteiger partial charge in [0.1, 0.15) is 5.82 Å². The highest BCUT2D eigenvalue weighted by Crippen LogP contribution is 2.52. The molecule has 2 aromatic heterocycles. The number of anilines is 3. The van der Waals surface area contributed by atoms with Crippen molar-refractivity contribution in [2.45, 2.75) is 19.3 Å². The molecule has 1 aliphatic rings. The Bertz CT molecular complexity index is 2460. The van der Waals surface area contributed by atoms with Gasteiger partial charge in [-0.15, -0.1) is 0 Å². The lowest BCUT2D eigenvalue weighted by atomic mass is 9.73. The fourth-order valence-corrected chi connectivity index (χ4v) is 10.3. The topological polar surface area (TPSA) is 38.1 Å². The quantitative estimate of drug-likeness (QED) is 0.174. The molecular weight excluding hydrogens is 617 g/mol. The summed E-state index contributed by atoms with van der Waals surface area (Å²) in [4.78, 5) is 7.32. The van der Waals surface area contributed by atoms with Crippen LogP contribution in [0.4, 0.5) is 17.2 Å². The Kier molecular flexibility index (Phi) is 6.72. The van der Waals surface area contributed by atoms with Crippen LogP contribution < -0.4 is 20.8 Å². The van der Waals surface area contributed by atoms with Crippen molar-refractivity contribution < 1.29 is 4.57 Å². The first kappa shape index (κ1) is 29.4. The van der Waals surface area contributed by atoms with Gasteiger partial charge in [-0.05, 0) is 59.7 Å². The maximum Gasteiger partial charge on any atom is 0.172 e. The summed E-state index contributed by atoms with van der Waals surface area (Å²) in [6, 6.07) is 56.2. The van der Waals surface area contributed by atoms with Crippen LogP contribution in [0.1, 0.15) is 25.0 Å². The highest BCUT2D eigenvalue weighted by Gasteiger charge is 2.38. The molecule has 0 aliphatic carbocycles. The van der Waals surface area contributed by atoms with E-state index < -0.39 is 7.14 Å². The van der Waals surface area contributed by atoms with Crippen LogP contribution in [0.15, 0.2) is 170 Å². The number of aromatic nitrogens is 2. The standard InChI is InChI=1S/C44H34N3OP/c1-44(2)37-21-11-14-24-41(37)47(43-28-26-34(30-45-43)49(48,32-15-5-3-6-16-32)33-17-7-4-8-18-33)42-27-25-31(29-38(42)44)46-39-22-12-9-19-35(39)36-20-10-13-23-40(36)46/h3-30H,1-2H3. The molecule has 0 fully saturated rings. The van der Waals surface area contributed by atoms with Gasteiger partial charge in [-0.1, -0.05) is 129 Å². The van der Waals surface area contributed by atoms with Crippen molar-refractivity contribution in [1.82, 2.24) is 9.55 Å². The van der Waals surface area contributed by atoms with Gasteiger partial charge in [0.25, 0.3) is 0 Å². The van der Waals surface area contributed by atoms with Crippen LogP contribution in [0.25, 0.3) is 27.5 Å². The minimum atomic E-state index is -3.15. The van der Waals surface area contributed by atoms with Gasteiger partial charge in [0, 0.05) is 44.0 Å². The molecule has 0 unspecified atom stereocenters. The molecule has 0 N–H and O–H groups in total. The van der Waals surface area contributed by atoms with Crippen molar-refractivity contribution in [3.63, 3.8) is 0 Å². The van der Waals surface area contributed by atoms with E-state index in [9.17, 15) is 0 Å². The highest BCUT2D eigenvalue weighted by atomic mass is 31.2. The van der Waals surface area contributed by atoms with E-state index in [2.05, 4.69) is 114 Å². The zero-order valence-electron chi connectivity index (χ0n) is 27.4. The van der Waals surface area contributed by atoms with E-state index >= 15 is 4.57 Å². The van der Waals surface area contributed by atoms with E-state index in [-0.39, 0.29) is 5.41 Å². The molecule has 0 saturated carbocycles. The van der Waals surface area contributed by atoms with Gasteiger partial charge in [-0.25, -0.2) is 4.98 Å². The number of hydrogen-bond acceptors (Lipinski definition) is 3. The number of hydrogen-bond donors (Lipinski definition) is 0. The van der Waals surface area contributed by atoms with Crippen molar-refractivity contribution >= 4 is 62.1 Å². The molecule has 236 valence electrons. The Balaban J connectivity index is 1.21. The number of pyridine rings is 1. The van der Waals surface area contributed by atoms with Gasteiger partial charge >= 0.3 is 0 Å². The number of fused-ring (bicyclic) bond motifs is 5. The maximum atomic E-state index is 15.1. The molecule has 4 nitrogen and oxygen atoms in total. The Hall–Kier alpha value is -5.70. The second-order valence-corrected chi connectivity index (χ2v) is 16.0. The van der Waals surface area contributed by atoms with Gasteiger partial charge in [0.2, 0.25) is 0 Å². The number of para-hydroxylation sites is 3. The van der Waals surface area contributed by atoms with Crippen LogP contribution in [-0.2, 0) is 9.98 Å². The lowest BCUT2D eigenvalue weighted by Crippen LogP contribution is -2.31. The third-order valence-corrected chi connectivity index (χ3v) is 13.2.